The highest BCUT2D eigenvalue weighted by Gasteiger charge is 2.31. The summed E-state index contributed by atoms with van der Waals surface area (Å²) in [6.45, 7) is 1.83. The van der Waals surface area contributed by atoms with E-state index in [1.54, 1.807) is 0 Å². The molecule has 1 aliphatic rings. The van der Waals surface area contributed by atoms with Crippen molar-refractivity contribution in [3.05, 3.63) is 11.9 Å². The van der Waals surface area contributed by atoms with Gasteiger partial charge >= 0.3 is 5.97 Å². The van der Waals surface area contributed by atoms with Crippen LogP contribution in [0.5, 0.6) is 0 Å². The molecule has 1 aliphatic heterocycles. The predicted octanol–water partition coefficient (Wildman–Crippen LogP) is -1.45. The largest absolute Gasteiger partial charge is 0.481 e. The number of amides is 1. The maximum atomic E-state index is 12.3. The Hall–Kier alpha value is -2.00. The third-order valence-corrected chi connectivity index (χ3v) is 3.01. The van der Waals surface area contributed by atoms with Gasteiger partial charge in [-0.15, -0.1) is 5.10 Å². The first kappa shape index (κ1) is 14.4. The van der Waals surface area contributed by atoms with Gasteiger partial charge in [-0.3, -0.25) is 14.3 Å². The highest BCUT2D eigenvalue weighted by Crippen LogP contribution is 2.14. The van der Waals surface area contributed by atoms with Gasteiger partial charge in [-0.2, -0.15) is 0 Å². The van der Waals surface area contributed by atoms with Crippen molar-refractivity contribution in [2.24, 2.45) is 5.73 Å². The van der Waals surface area contributed by atoms with Crippen LogP contribution in [-0.2, 0) is 16.1 Å². The normalized spacial score (nSPS) is 19.1. The van der Waals surface area contributed by atoms with Crippen LogP contribution in [0.25, 0.3) is 0 Å². The molecule has 0 bridgehead atoms. The first-order valence-corrected chi connectivity index (χ1v) is 6.32. The number of carbonyl (C=O) groups is 2. The maximum absolute atomic E-state index is 12.3. The zero-order chi connectivity index (χ0) is 14.5. The van der Waals surface area contributed by atoms with Crippen LogP contribution in [0.2, 0.25) is 0 Å². The molecule has 0 spiro atoms. The van der Waals surface area contributed by atoms with Crippen LogP contribution in [0.4, 0.5) is 0 Å². The molecule has 9 heteroatoms. The standard InChI is InChI=1S/C11H17N5O4/c12-1-2-15-6-9(13-14-15)11(19)16-3-4-20-7-8(16)5-10(17)18/h6,8H,1-5,7,12H2,(H,17,18). The van der Waals surface area contributed by atoms with E-state index in [4.69, 9.17) is 15.6 Å². The van der Waals surface area contributed by atoms with Crippen molar-refractivity contribution in [3.63, 3.8) is 0 Å². The van der Waals surface area contributed by atoms with Crippen LogP contribution >= 0.6 is 0 Å². The Balaban J connectivity index is 2.09. The maximum Gasteiger partial charge on any atom is 0.305 e. The fraction of sp³-hybridized carbons (Fsp3) is 0.636. The van der Waals surface area contributed by atoms with Crippen molar-refractivity contribution in [2.75, 3.05) is 26.3 Å². The smallest absolute Gasteiger partial charge is 0.305 e. The van der Waals surface area contributed by atoms with Gasteiger partial charge in [-0.1, -0.05) is 5.21 Å². The van der Waals surface area contributed by atoms with Crippen molar-refractivity contribution in [2.45, 2.75) is 19.0 Å². The number of aromatic nitrogens is 3. The molecule has 1 aromatic heterocycles. The van der Waals surface area contributed by atoms with E-state index in [0.29, 0.717) is 26.2 Å². The number of carbonyl (C=O) groups excluding carboxylic acids is 1. The Morgan fingerprint density at radius 1 is 1.55 bits per heavy atom. The second-order valence-electron chi connectivity index (χ2n) is 4.48. The van der Waals surface area contributed by atoms with Crippen molar-refractivity contribution in [3.8, 4) is 0 Å². The molecule has 9 nitrogen and oxygen atoms in total. The fourth-order valence-corrected chi connectivity index (χ4v) is 2.08. The number of nitrogens with zero attached hydrogens (tertiary/aromatic N) is 4. The van der Waals surface area contributed by atoms with Gasteiger partial charge < -0.3 is 20.5 Å². The van der Waals surface area contributed by atoms with E-state index < -0.39 is 12.0 Å². The van der Waals surface area contributed by atoms with Crippen molar-refractivity contribution < 1.29 is 19.4 Å². The highest BCUT2D eigenvalue weighted by molar-refractivity contribution is 5.92. The van der Waals surface area contributed by atoms with Crippen LogP contribution in [0.1, 0.15) is 16.9 Å². The van der Waals surface area contributed by atoms with Gasteiger partial charge in [0, 0.05) is 13.1 Å². The summed E-state index contributed by atoms with van der Waals surface area (Å²) in [5, 5.41) is 16.5. The molecule has 1 atom stereocenters. The molecule has 1 unspecified atom stereocenters. The van der Waals surface area contributed by atoms with Gasteiger partial charge in [0.1, 0.15) is 0 Å². The summed E-state index contributed by atoms with van der Waals surface area (Å²) in [4.78, 5) is 24.6. The second kappa shape index (κ2) is 6.44. The van der Waals surface area contributed by atoms with E-state index in [0.717, 1.165) is 0 Å². The van der Waals surface area contributed by atoms with E-state index in [1.807, 2.05) is 0 Å². The molecule has 1 fully saturated rings. The van der Waals surface area contributed by atoms with Gasteiger partial charge in [-0.05, 0) is 0 Å². The minimum atomic E-state index is -0.968. The molecule has 0 saturated carbocycles. The van der Waals surface area contributed by atoms with Gasteiger partial charge in [0.05, 0.1) is 38.4 Å². The van der Waals surface area contributed by atoms with E-state index >= 15 is 0 Å². The second-order valence-corrected chi connectivity index (χ2v) is 4.48. The van der Waals surface area contributed by atoms with E-state index in [-0.39, 0.29) is 24.6 Å². The fourth-order valence-electron chi connectivity index (χ4n) is 2.08. The molecule has 2 heterocycles. The summed E-state index contributed by atoms with van der Waals surface area (Å²) in [7, 11) is 0. The number of hydrogen-bond donors (Lipinski definition) is 2. The molecule has 110 valence electrons. The van der Waals surface area contributed by atoms with E-state index in [9.17, 15) is 9.59 Å². The summed E-state index contributed by atoms with van der Waals surface area (Å²) < 4.78 is 6.71. The number of ether oxygens (including phenoxy) is 1. The summed E-state index contributed by atoms with van der Waals surface area (Å²) in [5.74, 6) is -1.30. The van der Waals surface area contributed by atoms with Crippen molar-refractivity contribution in [1.82, 2.24) is 19.9 Å². The lowest BCUT2D eigenvalue weighted by Crippen LogP contribution is -2.49. The lowest BCUT2D eigenvalue weighted by atomic mass is 10.1. The number of morpholine rings is 1. The number of hydrogen-bond acceptors (Lipinski definition) is 6. The molecule has 3 N–H and O–H groups in total. The van der Waals surface area contributed by atoms with Gasteiger partial charge in [0.2, 0.25) is 0 Å². The van der Waals surface area contributed by atoms with Crippen LogP contribution in [0.15, 0.2) is 6.20 Å². The quantitative estimate of drug-likeness (QED) is 0.677. The Bertz CT molecular complexity index is 489. The van der Waals surface area contributed by atoms with E-state index in [2.05, 4.69) is 10.3 Å². The van der Waals surface area contributed by atoms with Gasteiger partial charge in [0.15, 0.2) is 5.69 Å². The van der Waals surface area contributed by atoms with Crippen LogP contribution in [0.3, 0.4) is 0 Å². The zero-order valence-corrected chi connectivity index (χ0v) is 10.9. The van der Waals surface area contributed by atoms with Crippen LogP contribution in [0, 0.1) is 0 Å². The number of carboxylic acid groups (broad SMARTS) is 1. The summed E-state index contributed by atoms with van der Waals surface area (Å²) in [6.07, 6.45) is 1.37. The molecule has 1 aromatic rings. The molecular weight excluding hydrogens is 266 g/mol. The van der Waals surface area contributed by atoms with Gasteiger partial charge in [0.25, 0.3) is 5.91 Å². The molecule has 1 amide bonds. The number of carboxylic acids is 1. The first-order valence-electron chi connectivity index (χ1n) is 6.32. The summed E-state index contributed by atoms with van der Waals surface area (Å²) in [5.41, 5.74) is 5.59. The van der Waals surface area contributed by atoms with Crippen LogP contribution < -0.4 is 5.73 Å². The zero-order valence-electron chi connectivity index (χ0n) is 10.9. The summed E-state index contributed by atoms with van der Waals surface area (Å²) in [6, 6.07) is -0.478. The third-order valence-electron chi connectivity index (χ3n) is 3.01. The van der Waals surface area contributed by atoms with E-state index in [1.165, 1.54) is 15.8 Å². The van der Waals surface area contributed by atoms with Crippen LogP contribution in [-0.4, -0.2) is 69.2 Å². The molecule has 2 rings (SSSR count). The molecule has 0 aliphatic carbocycles. The minimum Gasteiger partial charge on any atom is -0.481 e. The lowest BCUT2D eigenvalue weighted by molar-refractivity contribution is -0.139. The van der Waals surface area contributed by atoms with Crippen molar-refractivity contribution in [1.29, 1.82) is 0 Å². The number of nitrogens with two attached hydrogens (primary N) is 1. The third kappa shape index (κ3) is 3.31. The minimum absolute atomic E-state index is 0.150. The SMILES string of the molecule is NCCn1cc(C(=O)N2CCOCC2CC(=O)O)nn1. The average molecular weight is 283 g/mol. The summed E-state index contributed by atoms with van der Waals surface area (Å²) >= 11 is 0. The Morgan fingerprint density at radius 2 is 2.35 bits per heavy atom. The lowest BCUT2D eigenvalue weighted by Gasteiger charge is -2.34. The molecule has 20 heavy (non-hydrogen) atoms. The monoisotopic (exact) mass is 283 g/mol. The molecule has 0 aromatic carbocycles. The first-order chi connectivity index (χ1) is 9.61. The molecule has 1 saturated heterocycles. The highest BCUT2D eigenvalue weighted by atomic mass is 16.5. The Labute approximate surface area is 115 Å². The van der Waals surface area contributed by atoms with Gasteiger partial charge in [-0.25, -0.2) is 0 Å². The predicted molar refractivity (Wildman–Crippen MR) is 67.0 cm³/mol. The van der Waals surface area contributed by atoms with Crippen molar-refractivity contribution >= 4 is 11.9 Å². The molecule has 0 radical (unpaired) electrons. The number of rotatable bonds is 5. The average Bonchev–Trinajstić information content (AvgIpc) is 2.87. The topological polar surface area (TPSA) is 124 Å². The molecular formula is C11H17N5O4. The Morgan fingerprint density at radius 3 is 3.05 bits per heavy atom. The number of aliphatic carboxylic acids is 1. The Kier molecular flexibility index (Phi) is 4.64.